The van der Waals surface area contributed by atoms with Crippen LogP contribution in [0.5, 0.6) is 0 Å². The molecule has 2 heterocycles. The van der Waals surface area contributed by atoms with Gasteiger partial charge in [-0.3, -0.25) is 0 Å². The quantitative estimate of drug-likeness (QED) is 0.174. The van der Waals surface area contributed by atoms with Gasteiger partial charge in [-0.05, 0) is 113 Å². The lowest BCUT2D eigenvalue weighted by atomic mass is 9.95. The van der Waals surface area contributed by atoms with Crippen molar-refractivity contribution in [3.63, 3.8) is 0 Å². The molecule has 0 saturated heterocycles. The Bertz CT molecular complexity index is 3250. The molecule has 11 rings (SSSR count). The predicted octanol–water partition coefficient (Wildman–Crippen LogP) is 13.7. The minimum absolute atomic E-state index is 0.693. The van der Waals surface area contributed by atoms with Crippen molar-refractivity contribution in [2.75, 3.05) is 0 Å². The molecule has 0 spiro atoms. The van der Waals surface area contributed by atoms with Crippen molar-refractivity contribution in [2.45, 2.75) is 0 Å². The zero-order valence-electron chi connectivity index (χ0n) is 28.6. The van der Waals surface area contributed by atoms with Gasteiger partial charge in [-0.1, -0.05) is 140 Å². The van der Waals surface area contributed by atoms with Crippen molar-refractivity contribution < 1.29 is 4.42 Å². The molecule has 3 nitrogen and oxygen atoms in total. The molecule has 0 fully saturated rings. The van der Waals surface area contributed by atoms with Crippen LogP contribution in [0.15, 0.2) is 187 Å². The Labute approximate surface area is 305 Å². The van der Waals surface area contributed by atoms with Gasteiger partial charge in [0.1, 0.15) is 23.1 Å². The number of fused-ring (bicyclic) bond motifs is 9. The fraction of sp³-hybridized carbons (Fsp3) is 0. The molecule has 0 aliphatic carbocycles. The summed E-state index contributed by atoms with van der Waals surface area (Å²) in [5.74, 6) is 0. The van der Waals surface area contributed by atoms with E-state index in [1.807, 2.05) is 0 Å². The fourth-order valence-electron chi connectivity index (χ4n) is 8.05. The van der Waals surface area contributed by atoms with Gasteiger partial charge in [0.25, 0.3) is 0 Å². The minimum atomic E-state index is 0.693. The van der Waals surface area contributed by atoms with Crippen LogP contribution in [0.1, 0.15) is 0 Å². The van der Waals surface area contributed by atoms with Gasteiger partial charge in [-0.2, -0.15) is 0 Å². The van der Waals surface area contributed by atoms with E-state index in [1.165, 1.54) is 54.2 Å². The third-order valence-corrected chi connectivity index (χ3v) is 10.7. The van der Waals surface area contributed by atoms with Crippen molar-refractivity contribution in [1.29, 1.82) is 0 Å². The second-order valence-corrected chi connectivity index (χ2v) is 13.8. The van der Waals surface area contributed by atoms with Gasteiger partial charge < -0.3 is 4.42 Å². The highest BCUT2D eigenvalue weighted by molar-refractivity contribution is 6.11. The van der Waals surface area contributed by atoms with Gasteiger partial charge in [0.05, 0.1) is 0 Å². The van der Waals surface area contributed by atoms with Crippen molar-refractivity contribution in [3.8, 4) is 44.6 Å². The van der Waals surface area contributed by atoms with E-state index in [-0.39, 0.29) is 0 Å². The van der Waals surface area contributed by atoms with Crippen LogP contribution in [0.25, 0.3) is 110 Å². The second-order valence-electron chi connectivity index (χ2n) is 13.8. The maximum Gasteiger partial charge on any atom is 0.180 e. The number of furan rings is 1. The van der Waals surface area contributed by atoms with E-state index in [1.54, 1.807) is 6.33 Å². The van der Waals surface area contributed by atoms with Gasteiger partial charge in [-0.15, -0.1) is 0 Å². The van der Waals surface area contributed by atoms with Crippen LogP contribution in [0.4, 0.5) is 0 Å². The summed E-state index contributed by atoms with van der Waals surface area (Å²) in [6.45, 7) is 0. The van der Waals surface area contributed by atoms with Crippen LogP contribution >= 0.6 is 0 Å². The summed E-state index contributed by atoms with van der Waals surface area (Å²) in [6, 6.07) is 63.2. The molecule has 0 aliphatic rings. The van der Waals surface area contributed by atoms with E-state index in [2.05, 4.69) is 176 Å². The zero-order chi connectivity index (χ0) is 34.9. The van der Waals surface area contributed by atoms with Crippen molar-refractivity contribution in [3.05, 3.63) is 182 Å². The molecular weight excluding hydrogens is 645 g/mol. The molecule has 0 N–H and O–H groups in total. The number of aromatic nitrogens is 2. The smallest absolute Gasteiger partial charge is 0.180 e. The van der Waals surface area contributed by atoms with Gasteiger partial charge in [0.15, 0.2) is 5.58 Å². The molecule has 246 valence electrons. The number of hydrogen-bond acceptors (Lipinski definition) is 3. The Morgan fingerprint density at radius 2 is 0.774 bits per heavy atom. The molecular formula is C50H30N2O. The topological polar surface area (TPSA) is 38.9 Å². The van der Waals surface area contributed by atoms with Crippen molar-refractivity contribution in [1.82, 2.24) is 9.97 Å². The fourth-order valence-corrected chi connectivity index (χ4v) is 8.05. The van der Waals surface area contributed by atoms with Crippen LogP contribution < -0.4 is 0 Å². The predicted molar refractivity (Wildman–Crippen MR) is 221 cm³/mol. The molecule has 0 atom stereocenters. The molecule has 2 aromatic heterocycles. The third kappa shape index (κ3) is 4.90. The lowest BCUT2D eigenvalue weighted by Gasteiger charge is -2.09. The SMILES string of the molecule is c1cc(-c2ccc3ccc4ccccc4c3c2)cc(-c2ccc3oc4c(-c5cccc(-c6ccc7ccc8ccccc8c7c6)c5)ncnc4c3c2)c1. The standard InChI is InChI=1S/C50H30N2O/c1-3-13-42-31(7-1)15-17-33-19-21-38(27-44(33)42)35-9-5-10-36(25-35)40-23-24-47-46(29-40)49-50(53-47)48(51-30-52-49)41-12-6-11-37(26-41)39-22-20-34-18-16-32-8-2-4-14-43(32)45(34)28-39/h1-30H. The van der Waals surface area contributed by atoms with Crippen LogP contribution in [0.2, 0.25) is 0 Å². The normalized spacial score (nSPS) is 11.8. The molecule has 0 unspecified atom stereocenters. The van der Waals surface area contributed by atoms with Gasteiger partial charge in [0.2, 0.25) is 0 Å². The van der Waals surface area contributed by atoms with E-state index in [0.717, 1.165) is 50.0 Å². The lowest BCUT2D eigenvalue weighted by molar-refractivity contribution is 0.667. The molecule has 0 radical (unpaired) electrons. The summed E-state index contributed by atoms with van der Waals surface area (Å²) in [5, 5.41) is 11.0. The van der Waals surface area contributed by atoms with Crippen LogP contribution in [0, 0.1) is 0 Å². The summed E-state index contributed by atoms with van der Waals surface area (Å²) in [7, 11) is 0. The highest BCUT2D eigenvalue weighted by atomic mass is 16.3. The Morgan fingerprint density at radius 1 is 0.321 bits per heavy atom. The Balaban J connectivity index is 0.975. The first-order chi connectivity index (χ1) is 26.2. The van der Waals surface area contributed by atoms with Gasteiger partial charge in [-0.25, -0.2) is 9.97 Å². The monoisotopic (exact) mass is 674 g/mol. The molecule has 0 amide bonds. The van der Waals surface area contributed by atoms with E-state index in [9.17, 15) is 0 Å². The summed E-state index contributed by atoms with van der Waals surface area (Å²) in [6.07, 6.45) is 1.65. The first kappa shape index (κ1) is 29.6. The zero-order valence-corrected chi connectivity index (χ0v) is 28.6. The Hall–Kier alpha value is -7.10. The average Bonchev–Trinajstić information content (AvgIpc) is 3.61. The Kier molecular flexibility index (Phi) is 6.55. The third-order valence-electron chi connectivity index (χ3n) is 10.7. The van der Waals surface area contributed by atoms with Crippen molar-refractivity contribution >= 4 is 65.2 Å². The number of nitrogens with zero attached hydrogens (tertiary/aromatic N) is 2. The highest BCUT2D eigenvalue weighted by Gasteiger charge is 2.17. The number of benzene rings is 9. The van der Waals surface area contributed by atoms with Crippen LogP contribution in [-0.2, 0) is 0 Å². The summed E-state index contributed by atoms with van der Waals surface area (Å²) in [5.41, 5.74) is 11.0. The van der Waals surface area contributed by atoms with E-state index >= 15 is 0 Å². The van der Waals surface area contributed by atoms with Crippen LogP contribution in [0.3, 0.4) is 0 Å². The molecule has 11 aromatic rings. The highest BCUT2D eigenvalue weighted by Crippen LogP contribution is 2.38. The Morgan fingerprint density at radius 3 is 1.38 bits per heavy atom. The number of hydrogen-bond donors (Lipinski definition) is 0. The molecule has 0 saturated carbocycles. The lowest BCUT2D eigenvalue weighted by Crippen LogP contribution is -1.88. The maximum absolute atomic E-state index is 6.52. The largest absolute Gasteiger partial charge is 0.452 e. The minimum Gasteiger partial charge on any atom is -0.452 e. The molecule has 0 bridgehead atoms. The molecule has 3 heteroatoms. The average molecular weight is 675 g/mol. The first-order valence-electron chi connectivity index (χ1n) is 18.0. The number of rotatable bonds is 4. The maximum atomic E-state index is 6.52. The summed E-state index contributed by atoms with van der Waals surface area (Å²) >= 11 is 0. The van der Waals surface area contributed by atoms with Gasteiger partial charge in [0, 0.05) is 10.9 Å². The summed E-state index contributed by atoms with van der Waals surface area (Å²) in [4.78, 5) is 9.51. The summed E-state index contributed by atoms with van der Waals surface area (Å²) < 4.78 is 6.52. The van der Waals surface area contributed by atoms with Crippen molar-refractivity contribution in [2.24, 2.45) is 0 Å². The van der Waals surface area contributed by atoms with Crippen LogP contribution in [-0.4, -0.2) is 9.97 Å². The van der Waals surface area contributed by atoms with Gasteiger partial charge >= 0.3 is 0 Å². The molecule has 0 aliphatic heterocycles. The molecule has 9 aromatic carbocycles. The second kappa shape index (κ2) is 11.7. The van der Waals surface area contributed by atoms with E-state index in [0.29, 0.717) is 5.58 Å². The van der Waals surface area contributed by atoms with E-state index in [4.69, 9.17) is 14.4 Å². The van der Waals surface area contributed by atoms with E-state index < -0.39 is 0 Å². The first-order valence-corrected chi connectivity index (χ1v) is 18.0. The molecule has 53 heavy (non-hydrogen) atoms.